The predicted molar refractivity (Wildman–Crippen MR) is 67.7 cm³/mol. The number of nitrogens with two attached hydrogens (primary N) is 1. The number of pyridine rings is 1. The van der Waals surface area contributed by atoms with Crippen LogP contribution in [0.2, 0.25) is 0 Å². The fourth-order valence-corrected chi connectivity index (χ4v) is 1.54. The van der Waals surface area contributed by atoms with E-state index in [9.17, 15) is 13.6 Å². The van der Waals surface area contributed by atoms with Gasteiger partial charge in [-0.2, -0.15) is 0 Å². The maximum absolute atomic E-state index is 13.6. The molecule has 0 spiro atoms. The zero-order chi connectivity index (χ0) is 14.0. The van der Waals surface area contributed by atoms with Gasteiger partial charge in [0.25, 0.3) is 5.91 Å². The number of anilines is 2. The van der Waals surface area contributed by atoms with E-state index in [1.807, 2.05) is 0 Å². The Morgan fingerprint density at radius 2 is 2.05 bits per heavy atom. The molecule has 1 amide bonds. The van der Waals surface area contributed by atoms with Gasteiger partial charge in [0.05, 0.1) is 11.3 Å². The van der Waals surface area contributed by atoms with E-state index in [4.69, 9.17) is 5.73 Å². The van der Waals surface area contributed by atoms with Crippen LogP contribution in [0.15, 0.2) is 30.5 Å². The first-order valence-corrected chi connectivity index (χ1v) is 5.46. The molecule has 0 saturated carbocycles. The number of rotatable bonds is 2. The summed E-state index contributed by atoms with van der Waals surface area (Å²) >= 11 is 0. The van der Waals surface area contributed by atoms with Crippen LogP contribution >= 0.6 is 0 Å². The lowest BCUT2D eigenvalue weighted by molar-refractivity contribution is 0.102. The summed E-state index contributed by atoms with van der Waals surface area (Å²) in [6.07, 6.45) is 1.43. The SMILES string of the molecule is Cc1cc(F)c(NC(=O)c2cccnc2N)cc1F. The van der Waals surface area contributed by atoms with Crippen LogP contribution in [0, 0.1) is 18.6 Å². The zero-order valence-corrected chi connectivity index (χ0v) is 10.1. The van der Waals surface area contributed by atoms with E-state index in [0.29, 0.717) is 0 Å². The quantitative estimate of drug-likeness (QED) is 0.874. The first-order valence-electron chi connectivity index (χ1n) is 5.46. The molecule has 0 fully saturated rings. The highest BCUT2D eigenvalue weighted by Crippen LogP contribution is 2.20. The molecule has 0 unspecified atom stereocenters. The molecule has 0 radical (unpaired) electrons. The van der Waals surface area contributed by atoms with E-state index >= 15 is 0 Å². The summed E-state index contributed by atoms with van der Waals surface area (Å²) in [6.45, 7) is 1.43. The van der Waals surface area contributed by atoms with Gasteiger partial charge in [-0.25, -0.2) is 13.8 Å². The second-order valence-corrected chi connectivity index (χ2v) is 3.97. The highest BCUT2D eigenvalue weighted by atomic mass is 19.1. The van der Waals surface area contributed by atoms with Crippen molar-refractivity contribution in [3.63, 3.8) is 0 Å². The topological polar surface area (TPSA) is 68.0 Å². The largest absolute Gasteiger partial charge is 0.383 e. The van der Waals surface area contributed by atoms with Gasteiger partial charge < -0.3 is 11.1 Å². The third-order valence-electron chi connectivity index (χ3n) is 2.58. The van der Waals surface area contributed by atoms with Gasteiger partial charge in [-0.3, -0.25) is 4.79 Å². The smallest absolute Gasteiger partial charge is 0.259 e. The Morgan fingerprint density at radius 3 is 2.74 bits per heavy atom. The average molecular weight is 263 g/mol. The molecule has 1 aromatic carbocycles. The number of hydrogen-bond donors (Lipinski definition) is 2. The van der Waals surface area contributed by atoms with Gasteiger partial charge in [-0.1, -0.05) is 0 Å². The summed E-state index contributed by atoms with van der Waals surface area (Å²) in [6, 6.07) is 4.91. The van der Waals surface area contributed by atoms with Crippen molar-refractivity contribution >= 4 is 17.4 Å². The molecule has 0 bridgehead atoms. The first-order chi connectivity index (χ1) is 8.99. The van der Waals surface area contributed by atoms with E-state index in [1.165, 1.54) is 25.3 Å². The first kappa shape index (κ1) is 12.9. The molecule has 98 valence electrons. The average Bonchev–Trinajstić information content (AvgIpc) is 2.36. The lowest BCUT2D eigenvalue weighted by Gasteiger charge is -2.08. The highest BCUT2D eigenvalue weighted by molar-refractivity contribution is 6.07. The molecule has 2 rings (SSSR count). The van der Waals surface area contributed by atoms with E-state index in [1.54, 1.807) is 0 Å². The van der Waals surface area contributed by atoms with Gasteiger partial charge in [-0.15, -0.1) is 0 Å². The van der Waals surface area contributed by atoms with Crippen molar-refractivity contribution in [3.8, 4) is 0 Å². The van der Waals surface area contributed by atoms with Crippen LogP contribution in [0.4, 0.5) is 20.3 Å². The maximum Gasteiger partial charge on any atom is 0.259 e. The van der Waals surface area contributed by atoms with Gasteiger partial charge in [-0.05, 0) is 30.7 Å². The molecule has 3 N–H and O–H groups in total. The second-order valence-electron chi connectivity index (χ2n) is 3.97. The highest BCUT2D eigenvalue weighted by Gasteiger charge is 2.14. The van der Waals surface area contributed by atoms with Crippen LogP contribution in [0.1, 0.15) is 15.9 Å². The van der Waals surface area contributed by atoms with Crippen LogP contribution in [0.25, 0.3) is 0 Å². The number of carbonyl (C=O) groups excluding carboxylic acids is 1. The monoisotopic (exact) mass is 263 g/mol. The Balaban J connectivity index is 2.30. The number of aromatic nitrogens is 1. The van der Waals surface area contributed by atoms with Gasteiger partial charge in [0.15, 0.2) is 0 Å². The van der Waals surface area contributed by atoms with Gasteiger partial charge in [0, 0.05) is 12.3 Å². The molecule has 19 heavy (non-hydrogen) atoms. The summed E-state index contributed by atoms with van der Waals surface area (Å²) in [7, 11) is 0. The van der Waals surface area contributed by atoms with Crippen molar-refractivity contribution in [3.05, 3.63) is 53.2 Å². The number of aryl methyl sites for hydroxylation is 1. The van der Waals surface area contributed by atoms with Crippen LogP contribution in [-0.4, -0.2) is 10.9 Å². The molecular formula is C13H11F2N3O. The van der Waals surface area contributed by atoms with Gasteiger partial charge in [0.2, 0.25) is 0 Å². The van der Waals surface area contributed by atoms with Crippen LogP contribution in [0.3, 0.4) is 0 Å². The predicted octanol–water partition coefficient (Wildman–Crippen LogP) is 2.50. The molecule has 0 atom stereocenters. The molecule has 4 nitrogen and oxygen atoms in total. The molecule has 0 saturated heterocycles. The van der Waals surface area contributed by atoms with Crippen LogP contribution in [-0.2, 0) is 0 Å². The molecule has 1 aromatic heterocycles. The van der Waals surface area contributed by atoms with Gasteiger partial charge in [0.1, 0.15) is 17.5 Å². The summed E-state index contributed by atoms with van der Waals surface area (Å²) in [4.78, 5) is 15.6. The van der Waals surface area contributed by atoms with E-state index in [0.717, 1.165) is 12.1 Å². The van der Waals surface area contributed by atoms with Crippen molar-refractivity contribution in [1.82, 2.24) is 4.98 Å². The molecule has 0 aliphatic carbocycles. The Hall–Kier alpha value is -2.50. The Labute approximate surface area is 108 Å². The van der Waals surface area contributed by atoms with E-state index in [-0.39, 0.29) is 22.6 Å². The van der Waals surface area contributed by atoms with Gasteiger partial charge >= 0.3 is 0 Å². The Morgan fingerprint density at radius 1 is 1.32 bits per heavy atom. The van der Waals surface area contributed by atoms with Crippen LogP contribution < -0.4 is 11.1 Å². The van der Waals surface area contributed by atoms with Crippen molar-refractivity contribution < 1.29 is 13.6 Å². The van der Waals surface area contributed by atoms with Crippen LogP contribution in [0.5, 0.6) is 0 Å². The third-order valence-corrected chi connectivity index (χ3v) is 2.58. The maximum atomic E-state index is 13.6. The van der Waals surface area contributed by atoms with E-state index < -0.39 is 17.5 Å². The third kappa shape index (κ3) is 2.67. The fraction of sp³-hybridized carbons (Fsp3) is 0.0769. The van der Waals surface area contributed by atoms with Crippen molar-refractivity contribution in [2.45, 2.75) is 6.92 Å². The molecular weight excluding hydrogens is 252 g/mol. The number of nitrogens with one attached hydrogen (secondary N) is 1. The number of hydrogen-bond acceptors (Lipinski definition) is 3. The number of halogens is 2. The number of nitrogen functional groups attached to an aromatic ring is 1. The van der Waals surface area contributed by atoms with Crippen molar-refractivity contribution in [1.29, 1.82) is 0 Å². The fourth-order valence-electron chi connectivity index (χ4n) is 1.54. The van der Waals surface area contributed by atoms with Crippen molar-refractivity contribution in [2.24, 2.45) is 0 Å². The molecule has 2 aromatic rings. The minimum absolute atomic E-state index is 0.0213. The Bertz CT molecular complexity index is 644. The number of nitrogens with zero attached hydrogens (tertiary/aromatic N) is 1. The summed E-state index contributed by atoms with van der Waals surface area (Å²) in [5, 5.41) is 2.26. The standard InChI is InChI=1S/C13H11F2N3O/c1-7-5-10(15)11(6-9(7)14)18-13(19)8-3-2-4-17-12(8)16/h2-6H,1H3,(H2,16,17)(H,18,19). The molecule has 0 aliphatic rings. The van der Waals surface area contributed by atoms with Crippen molar-refractivity contribution in [2.75, 3.05) is 11.1 Å². The number of amides is 1. The number of benzene rings is 1. The summed E-state index contributed by atoms with van der Waals surface area (Å²) in [5.41, 5.74) is 5.55. The lowest BCUT2D eigenvalue weighted by Crippen LogP contribution is -2.15. The lowest BCUT2D eigenvalue weighted by atomic mass is 10.2. The van der Waals surface area contributed by atoms with E-state index in [2.05, 4.69) is 10.3 Å². The number of carbonyl (C=O) groups is 1. The summed E-state index contributed by atoms with van der Waals surface area (Å²) in [5.74, 6) is -1.94. The minimum Gasteiger partial charge on any atom is -0.383 e. The molecule has 6 heteroatoms. The Kier molecular flexibility index (Phi) is 3.41. The molecule has 1 heterocycles. The normalized spacial score (nSPS) is 10.3. The minimum atomic E-state index is -0.713. The summed E-state index contributed by atoms with van der Waals surface area (Å²) < 4.78 is 26.9. The molecule has 0 aliphatic heterocycles. The second kappa shape index (κ2) is 5.01. The zero-order valence-electron chi connectivity index (χ0n) is 10.1.